The van der Waals surface area contributed by atoms with E-state index in [0.29, 0.717) is 21.9 Å². The summed E-state index contributed by atoms with van der Waals surface area (Å²) in [4.78, 5) is 69.6. The van der Waals surface area contributed by atoms with Crippen LogP contribution in [-0.2, 0) is 29.4 Å². The number of nitrogens with one attached hydrogen (secondary N) is 1. The van der Waals surface area contributed by atoms with E-state index in [0.717, 1.165) is 16.0 Å². The molecule has 4 aliphatic rings. The second kappa shape index (κ2) is 12.4. The predicted octanol–water partition coefficient (Wildman–Crippen LogP) is 5.31. The van der Waals surface area contributed by atoms with Crippen LogP contribution in [-0.4, -0.2) is 63.4 Å². The van der Waals surface area contributed by atoms with Crippen LogP contribution in [0, 0.1) is 29.5 Å². The van der Waals surface area contributed by atoms with Gasteiger partial charge >= 0.3 is 5.97 Å². The predicted molar refractivity (Wildman–Crippen MR) is 178 cm³/mol. The molecule has 14 heteroatoms. The molecule has 0 spiro atoms. The first-order chi connectivity index (χ1) is 23.9. The first-order valence-corrected chi connectivity index (χ1v) is 16.6. The van der Waals surface area contributed by atoms with Crippen molar-refractivity contribution in [1.29, 1.82) is 0 Å². The summed E-state index contributed by atoms with van der Waals surface area (Å²) in [5.41, 5.74) is 2.17. The largest absolute Gasteiger partial charge is 0.505 e. The lowest BCUT2D eigenvalue weighted by Gasteiger charge is -2.50. The number of ether oxygens (including phenoxy) is 1. The SMILES string of the molecule is COc1ccc(C23C(=O)N(Nc4ccc(Cl)cc4Cl)C(=O)C2CC2C(=CCC4C(=O)N(CCC(=O)O)C(=O)C42)C3c2cccc(F)c2O)cc1. The fourth-order valence-corrected chi connectivity index (χ4v) is 8.90. The normalized spacial score (nSPS) is 27.1. The van der Waals surface area contributed by atoms with Crippen molar-refractivity contribution >= 4 is 58.5 Å². The van der Waals surface area contributed by atoms with Gasteiger partial charge in [-0.05, 0) is 60.7 Å². The lowest BCUT2D eigenvalue weighted by atomic mass is 9.49. The van der Waals surface area contributed by atoms with Crippen molar-refractivity contribution < 1.29 is 43.3 Å². The van der Waals surface area contributed by atoms with Crippen LogP contribution >= 0.6 is 23.2 Å². The van der Waals surface area contributed by atoms with Crippen molar-refractivity contribution in [2.24, 2.45) is 23.7 Å². The average molecular weight is 723 g/mol. The van der Waals surface area contributed by atoms with Gasteiger partial charge in [0.1, 0.15) is 5.75 Å². The molecular weight excluding hydrogens is 692 g/mol. The molecule has 1 saturated carbocycles. The van der Waals surface area contributed by atoms with Crippen LogP contribution < -0.4 is 10.2 Å². The molecule has 6 unspecified atom stereocenters. The molecule has 0 bridgehead atoms. The van der Waals surface area contributed by atoms with Gasteiger partial charge in [-0.2, -0.15) is 5.01 Å². The van der Waals surface area contributed by atoms with E-state index >= 15 is 9.18 Å². The lowest BCUT2D eigenvalue weighted by Crippen LogP contribution is -2.53. The number of methoxy groups -OCH3 is 1. The number of imide groups is 2. The number of hydrazine groups is 1. The molecule has 3 N–H and O–H groups in total. The van der Waals surface area contributed by atoms with E-state index in [1.807, 2.05) is 0 Å². The van der Waals surface area contributed by atoms with Gasteiger partial charge in [0.05, 0.1) is 47.4 Å². The molecule has 0 radical (unpaired) electrons. The van der Waals surface area contributed by atoms with Crippen molar-refractivity contribution in [3.8, 4) is 11.5 Å². The topological polar surface area (TPSA) is 154 Å². The van der Waals surface area contributed by atoms with E-state index < -0.39 is 82.6 Å². The number of fused-ring (bicyclic) bond motifs is 4. The molecule has 3 aromatic rings. The second-order valence-corrected chi connectivity index (χ2v) is 13.7. The first-order valence-electron chi connectivity index (χ1n) is 15.9. The van der Waals surface area contributed by atoms with Gasteiger partial charge in [0, 0.05) is 23.0 Å². The highest BCUT2D eigenvalue weighted by molar-refractivity contribution is 6.36. The molecule has 2 aliphatic carbocycles. The molecule has 2 aliphatic heterocycles. The highest BCUT2D eigenvalue weighted by Gasteiger charge is 2.70. The van der Waals surface area contributed by atoms with Gasteiger partial charge in [0.25, 0.3) is 11.8 Å². The minimum atomic E-state index is -1.79. The third-order valence-corrected chi connectivity index (χ3v) is 11.1. The highest BCUT2D eigenvalue weighted by Crippen LogP contribution is 2.65. The van der Waals surface area contributed by atoms with Gasteiger partial charge in [-0.25, -0.2) is 4.39 Å². The number of likely N-dealkylation sites (tertiary alicyclic amines) is 1. The number of halogens is 3. The van der Waals surface area contributed by atoms with Crippen molar-refractivity contribution in [3.63, 3.8) is 0 Å². The zero-order chi connectivity index (χ0) is 35.6. The number of phenols is 1. The van der Waals surface area contributed by atoms with Crippen LogP contribution in [0.2, 0.25) is 10.0 Å². The molecule has 3 aromatic carbocycles. The average Bonchev–Trinajstić information content (AvgIpc) is 3.46. The Labute approximate surface area is 295 Å². The zero-order valence-electron chi connectivity index (χ0n) is 26.4. The summed E-state index contributed by atoms with van der Waals surface area (Å²) in [5.74, 6) is -9.81. The molecule has 50 heavy (non-hydrogen) atoms. The van der Waals surface area contributed by atoms with Crippen LogP contribution in [0.4, 0.5) is 10.1 Å². The number of hydrogen-bond acceptors (Lipinski definition) is 8. The van der Waals surface area contributed by atoms with Gasteiger partial charge in [0.2, 0.25) is 11.8 Å². The fourth-order valence-electron chi connectivity index (χ4n) is 8.45. The summed E-state index contributed by atoms with van der Waals surface area (Å²) < 4.78 is 20.6. The summed E-state index contributed by atoms with van der Waals surface area (Å²) in [5, 5.41) is 21.9. The second-order valence-electron chi connectivity index (χ2n) is 12.9. The number of allylic oxidation sites excluding steroid dienone is 2. The van der Waals surface area contributed by atoms with Crippen molar-refractivity contribution in [2.45, 2.75) is 30.6 Å². The quantitative estimate of drug-likeness (QED) is 0.208. The maximum atomic E-state index is 15.2. The molecular formula is C36H30Cl2FN3O8. The van der Waals surface area contributed by atoms with Gasteiger partial charge in [-0.15, -0.1) is 0 Å². The van der Waals surface area contributed by atoms with Crippen LogP contribution in [0.1, 0.15) is 36.3 Å². The third-order valence-electron chi connectivity index (χ3n) is 10.5. The number of phenolic OH excluding ortho intramolecular Hbond substituents is 1. The Hall–Kier alpha value is -4.94. The number of carbonyl (C=O) groups is 5. The van der Waals surface area contributed by atoms with E-state index in [-0.39, 0.29) is 35.7 Å². The maximum absolute atomic E-state index is 15.2. The summed E-state index contributed by atoms with van der Waals surface area (Å²) in [6, 6.07) is 14.9. The minimum Gasteiger partial charge on any atom is -0.505 e. The summed E-state index contributed by atoms with van der Waals surface area (Å²) in [7, 11) is 1.48. The van der Waals surface area contributed by atoms with Crippen molar-refractivity contribution in [1.82, 2.24) is 9.91 Å². The van der Waals surface area contributed by atoms with Crippen LogP contribution in [0.25, 0.3) is 0 Å². The van der Waals surface area contributed by atoms with Crippen LogP contribution in [0.15, 0.2) is 72.3 Å². The fraction of sp³-hybridized carbons (Fsp3) is 0.306. The molecule has 6 atom stereocenters. The van der Waals surface area contributed by atoms with Crippen molar-refractivity contribution in [3.05, 3.63) is 99.3 Å². The van der Waals surface area contributed by atoms with E-state index in [2.05, 4.69) is 5.43 Å². The number of carboxylic acid groups (broad SMARTS) is 1. The first kappa shape index (κ1) is 33.6. The third kappa shape index (κ3) is 4.95. The molecule has 11 nitrogen and oxygen atoms in total. The Kier molecular flexibility index (Phi) is 8.34. The maximum Gasteiger partial charge on any atom is 0.305 e. The van der Waals surface area contributed by atoms with E-state index in [9.17, 15) is 29.4 Å². The Morgan fingerprint density at radius 1 is 1.02 bits per heavy atom. The number of para-hydroxylation sites is 1. The number of aromatic hydroxyl groups is 1. The number of carboxylic acids is 1. The van der Waals surface area contributed by atoms with Gasteiger partial charge in [-0.3, -0.25) is 34.3 Å². The van der Waals surface area contributed by atoms with Crippen molar-refractivity contribution in [2.75, 3.05) is 19.1 Å². The number of nitrogens with zero attached hydrogens (tertiary/aromatic N) is 2. The Morgan fingerprint density at radius 3 is 2.44 bits per heavy atom. The number of hydrogen-bond donors (Lipinski definition) is 3. The van der Waals surface area contributed by atoms with Gasteiger partial charge in [-0.1, -0.05) is 59.1 Å². The van der Waals surface area contributed by atoms with E-state index in [4.69, 9.17) is 27.9 Å². The number of carbonyl (C=O) groups excluding carboxylic acids is 4. The smallest absolute Gasteiger partial charge is 0.305 e. The zero-order valence-corrected chi connectivity index (χ0v) is 28.0. The minimum absolute atomic E-state index is 0.0206. The number of anilines is 1. The number of aliphatic carboxylic acids is 1. The molecule has 2 heterocycles. The molecule has 2 saturated heterocycles. The number of rotatable bonds is 8. The van der Waals surface area contributed by atoms with E-state index in [1.165, 1.54) is 37.4 Å². The molecule has 3 fully saturated rings. The standard InChI is InChI=1S/C36H30Cl2FN3O8/c1-50-19-8-5-17(6-9-19)36-24(33(47)42(35(36)49)40-27-12-7-18(37)15-25(27)38)16-23-20(30(36)22-3-2-4-26(39)31(22)45)10-11-21-29(23)34(48)41(32(21)46)14-13-28(43)44/h2-10,12,15,21,23-24,29-30,40,45H,11,13-14,16H2,1H3,(H,43,44). The van der Waals surface area contributed by atoms with Gasteiger partial charge < -0.3 is 14.9 Å². The van der Waals surface area contributed by atoms with Crippen LogP contribution in [0.3, 0.4) is 0 Å². The highest BCUT2D eigenvalue weighted by atomic mass is 35.5. The summed E-state index contributed by atoms with van der Waals surface area (Å²) >= 11 is 12.5. The Balaban J connectivity index is 1.45. The van der Waals surface area contributed by atoms with Gasteiger partial charge in [0.15, 0.2) is 11.6 Å². The molecule has 4 amide bonds. The molecule has 0 aromatic heterocycles. The molecule has 258 valence electrons. The van der Waals surface area contributed by atoms with E-state index in [1.54, 1.807) is 30.3 Å². The number of benzene rings is 3. The lowest BCUT2D eigenvalue weighted by molar-refractivity contribution is -0.143. The Morgan fingerprint density at radius 2 is 1.76 bits per heavy atom. The number of amides is 4. The molecule has 7 rings (SSSR count). The summed E-state index contributed by atoms with van der Waals surface area (Å²) in [6.45, 7) is -0.313. The monoisotopic (exact) mass is 721 g/mol. The Bertz CT molecular complexity index is 2010. The summed E-state index contributed by atoms with van der Waals surface area (Å²) in [6.07, 6.45) is 1.32. The van der Waals surface area contributed by atoms with Crippen LogP contribution in [0.5, 0.6) is 11.5 Å².